The lowest BCUT2D eigenvalue weighted by molar-refractivity contribution is 0.0728. The van der Waals surface area contributed by atoms with Crippen molar-refractivity contribution in [2.75, 3.05) is 6.54 Å². The molecule has 0 spiro atoms. The van der Waals surface area contributed by atoms with Crippen molar-refractivity contribution in [2.24, 2.45) is 0 Å². The van der Waals surface area contributed by atoms with Crippen LogP contribution < -0.4 is 5.56 Å². The molecular weight excluding hydrogens is 396 g/mol. The standard InChI is InChI=1S/C23H20N4O2S/c28-22-10-17-6-8-26(13-19(17)14-27(22)12-16-4-2-1-3-5-16)23(29)21-11-20(24-25-21)18-7-9-30-15-18/h1-5,7,9-11,14-15H,6,8,12-13H2,(H,24,25). The Kier molecular flexibility index (Phi) is 4.80. The van der Waals surface area contributed by atoms with Gasteiger partial charge in [-0.15, -0.1) is 0 Å². The molecule has 7 heteroatoms. The van der Waals surface area contributed by atoms with Gasteiger partial charge >= 0.3 is 0 Å². The average molecular weight is 417 g/mol. The van der Waals surface area contributed by atoms with E-state index >= 15 is 0 Å². The Morgan fingerprint density at radius 2 is 2.00 bits per heavy atom. The minimum absolute atomic E-state index is 0.00801. The zero-order chi connectivity index (χ0) is 20.5. The molecular formula is C23H20N4O2S. The van der Waals surface area contributed by atoms with Crippen molar-refractivity contribution in [3.63, 3.8) is 0 Å². The smallest absolute Gasteiger partial charge is 0.272 e. The first kappa shape index (κ1) is 18.6. The number of aromatic nitrogens is 3. The van der Waals surface area contributed by atoms with Crippen molar-refractivity contribution in [1.82, 2.24) is 19.7 Å². The lowest BCUT2D eigenvalue weighted by Gasteiger charge is -2.28. The molecule has 0 saturated carbocycles. The van der Waals surface area contributed by atoms with E-state index in [1.807, 2.05) is 58.3 Å². The van der Waals surface area contributed by atoms with Crippen LogP contribution in [0.3, 0.4) is 0 Å². The van der Waals surface area contributed by atoms with Gasteiger partial charge < -0.3 is 9.47 Å². The molecule has 0 atom stereocenters. The number of nitrogens with zero attached hydrogens (tertiary/aromatic N) is 3. The molecule has 30 heavy (non-hydrogen) atoms. The second-order valence-electron chi connectivity index (χ2n) is 7.43. The van der Waals surface area contributed by atoms with E-state index in [-0.39, 0.29) is 11.5 Å². The van der Waals surface area contributed by atoms with Crippen molar-refractivity contribution in [1.29, 1.82) is 0 Å². The number of carbonyl (C=O) groups excluding carboxylic acids is 1. The monoisotopic (exact) mass is 416 g/mol. The third kappa shape index (κ3) is 3.59. The highest BCUT2D eigenvalue weighted by Crippen LogP contribution is 2.23. The summed E-state index contributed by atoms with van der Waals surface area (Å²) in [5.41, 5.74) is 5.36. The molecule has 1 N–H and O–H groups in total. The maximum absolute atomic E-state index is 13.0. The Labute approximate surface area is 177 Å². The molecule has 0 fully saturated rings. The SMILES string of the molecule is O=C(c1cc(-c2ccsc2)n[nH]1)N1CCc2cc(=O)n(Cc3ccccc3)cc2C1. The summed E-state index contributed by atoms with van der Waals surface area (Å²) in [4.78, 5) is 27.4. The Morgan fingerprint density at radius 3 is 2.80 bits per heavy atom. The number of pyridine rings is 1. The van der Waals surface area contributed by atoms with Gasteiger partial charge in [-0.2, -0.15) is 16.4 Å². The molecule has 1 aromatic carbocycles. The highest BCUT2D eigenvalue weighted by molar-refractivity contribution is 7.08. The summed E-state index contributed by atoms with van der Waals surface area (Å²) in [5, 5.41) is 11.2. The predicted octanol–water partition coefficient (Wildman–Crippen LogP) is 3.55. The molecule has 5 rings (SSSR count). The lowest BCUT2D eigenvalue weighted by Crippen LogP contribution is -2.37. The van der Waals surface area contributed by atoms with Crippen LogP contribution in [0.1, 0.15) is 27.2 Å². The third-order valence-corrected chi connectivity index (χ3v) is 6.11. The molecule has 0 saturated heterocycles. The van der Waals surface area contributed by atoms with Gasteiger partial charge in [0, 0.05) is 36.3 Å². The molecule has 0 unspecified atom stereocenters. The van der Waals surface area contributed by atoms with Gasteiger partial charge in [-0.05, 0) is 40.6 Å². The van der Waals surface area contributed by atoms with E-state index in [9.17, 15) is 9.59 Å². The minimum Gasteiger partial charge on any atom is -0.333 e. The number of H-pyrrole nitrogens is 1. The molecule has 1 aliphatic heterocycles. The van der Waals surface area contributed by atoms with Gasteiger partial charge in [0.05, 0.1) is 12.2 Å². The van der Waals surface area contributed by atoms with Gasteiger partial charge in [0.1, 0.15) is 5.69 Å². The molecule has 150 valence electrons. The molecule has 1 amide bonds. The highest BCUT2D eigenvalue weighted by atomic mass is 32.1. The van der Waals surface area contributed by atoms with E-state index in [2.05, 4.69) is 10.2 Å². The number of thiophene rings is 1. The first-order valence-corrected chi connectivity index (χ1v) is 10.7. The zero-order valence-corrected chi connectivity index (χ0v) is 17.1. The fraction of sp³-hybridized carbons (Fsp3) is 0.174. The summed E-state index contributed by atoms with van der Waals surface area (Å²) in [6.45, 7) is 1.59. The normalized spacial score (nSPS) is 13.3. The van der Waals surface area contributed by atoms with E-state index < -0.39 is 0 Å². The van der Waals surface area contributed by atoms with Crippen LogP contribution in [0.15, 0.2) is 70.3 Å². The van der Waals surface area contributed by atoms with Crippen LogP contribution in [0.2, 0.25) is 0 Å². The topological polar surface area (TPSA) is 71.0 Å². The van der Waals surface area contributed by atoms with Crippen molar-refractivity contribution < 1.29 is 4.79 Å². The number of amides is 1. The van der Waals surface area contributed by atoms with Crippen molar-refractivity contribution in [2.45, 2.75) is 19.5 Å². The van der Waals surface area contributed by atoms with E-state index in [4.69, 9.17) is 0 Å². The van der Waals surface area contributed by atoms with Crippen LogP contribution in [-0.2, 0) is 19.5 Å². The Morgan fingerprint density at radius 1 is 1.13 bits per heavy atom. The first-order valence-electron chi connectivity index (χ1n) is 9.81. The van der Waals surface area contributed by atoms with E-state index in [1.165, 1.54) is 0 Å². The number of hydrogen-bond donors (Lipinski definition) is 1. The summed E-state index contributed by atoms with van der Waals surface area (Å²) in [5.74, 6) is -0.0737. The predicted molar refractivity (Wildman–Crippen MR) is 117 cm³/mol. The summed E-state index contributed by atoms with van der Waals surface area (Å²) in [6, 6.07) is 15.4. The molecule has 0 radical (unpaired) electrons. The van der Waals surface area contributed by atoms with Gasteiger partial charge in [0.25, 0.3) is 11.5 Å². The summed E-state index contributed by atoms with van der Waals surface area (Å²) in [7, 11) is 0. The Bertz CT molecular complexity index is 1240. The van der Waals surface area contributed by atoms with Crippen LogP contribution in [0.25, 0.3) is 11.3 Å². The second-order valence-corrected chi connectivity index (χ2v) is 8.21. The number of nitrogens with one attached hydrogen (secondary N) is 1. The maximum atomic E-state index is 13.0. The lowest BCUT2D eigenvalue weighted by atomic mass is 10.0. The molecule has 0 bridgehead atoms. The van der Waals surface area contributed by atoms with Gasteiger partial charge in [0.2, 0.25) is 0 Å². The van der Waals surface area contributed by atoms with Crippen molar-refractivity contribution in [3.05, 3.63) is 98.2 Å². The highest BCUT2D eigenvalue weighted by Gasteiger charge is 2.24. The van der Waals surface area contributed by atoms with E-state index in [1.54, 1.807) is 28.0 Å². The van der Waals surface area contributed by atoms with E-state index in [0.717, 1.165) is 27.9 Å². The molecule has 4 aromatic rings. The van der Waals surface area contributed by atoms with Gasteiger partial charge in [-0.25, -0.2) is 0 Å². The molecule has 3 aromatic heterocycles. The van der Waals surface area contributed by atoms with E-state index in [0.29, 0.717) is 31.7 Å². The fourth-order valence-electron chi connectivity index (χ4n) is 3.81. The number of benzene rings is 1. The van der Waals surface area contributed by atoms with Crippen LogP contribution >= 0.6 is 11.3 Å². The second kappa shape index (κ2) is 7.76. The summed E-state index contributed by atoms with van der Waals surface area (Å²) < 4.78 is 1.72. The maximum Gasteiger partial charge on any atom is 0.272 e. The summed E-state index contributed by atoms with van der Waals surface area (Å²) >= 11 is 1.60. The van der Waals surface area contributed by atoms with Crippen LogP contribution in [0.4, 0.5) is 0 Å². The largest absolute Gasteiger partial charge is 0.333 e. The van der Waals surface area contributed by atoms with Crippen LogP contribution in [0.5, 0.6) is 0 Å². The number of aromatic amines is 1. The molecule has 1 aliphatic rings. The quantitative estimate of drug-likeness (QED) is 0.553. The molecule has 4 heterocycles. The van der Waals surface area contributed by atoms with Crippen molar-refractivity contribution in [3.8, 4) is 11.3 Å². The van der Waals surface area contributed by atoms with Crippen LogP contribution in [0, 0.1) is 0 Å². The Balaban J connectivity index is 1.37. The van der Waals surface area contributed by atoms with Crippen molar-refractivity contribution >= 4 is 17.2 Å². The first-order chi connectivity index (χ1) is 14.7. The number of fused-ring (bicyclic) bond motifs is 1. The zero-order valence-electron chi connectivity index (χ0n) is 16.2. The minimum atomic E-state index is -0.0737. The van der Waals surface area contributed by atoms with Gasteiger partial charge in [0.15, 0.2) is 0 Å². The number of hydrogen-bond acceptors (Lipinski definition) is 4. The van der Waals surface area contributed by atoms with Gasteiger partial charge in [-0.1, -0.05) is 30.3 Å². The summed E-state index contributed by atoms with van der Waals surface area (Å²) in [6.07, 6.45) is 2.57. The molecule has 6 nitrogen and oxygen atoms in total. The number of carbonyl (C=O) groups is 1. The fourth-order valence-corrected chi connectivity index (χ4v) is 4.46. The molecule has 0 aliphatic carbocycles. The average Bonchev–Trinajstić information content (AvgIpc) is 3.46. The van der Waals surface area contributed by atoms with Gasteiger partial charge in [-0.3, -0.25) is 14.7 Å². The Hall–Kier alpha value is -3.45. The third-order valence-electron chi connectivity index (χ3n) is 5.43. The number of rotatable bonds is 4. The van der Waals surface area contributed by atoms with Crippen LogP contribution in [-0.4, -0.2) is 32.1 Å².